The molecule has 4 saturated heterocycles. The second-order valence-electron chi connectivity index (χ2n) is 18.2. The number of benzene rings is 2. The van der Waals surface area contributed by atoms with Gasteiger partial charge in [-0.05, 0) is 72.4 Å². The summed E-state index contributed by atoms with van der Waals surface area (Å²) < 4.78 is 89.7. The maximum atomic E-state index is 17.8. The van der Waals surface area contributed by atoms with E-state index in [2.05, 4.69) is 68.2 Å². The maximum absolute atomic E-state index is 17.8. The van der Waals surface area contributed by atoms with Crippen LogP contribution in [-0.2, 0) is 4.74 Å². The van der Waals surface area contributed by atoms with Gasteiger partial charge in [-0.2, -0.15) is 9.97 Å². The number of piperazine rings is 1. The van der Waals surface area contributed by atoms with Crippen molar-refractivity contribution in [2.45, 2.75) is 114 Å². The van der Waals surface area contributed by atoms with Crippen molar-refractivity contribution in [2.24, 2.45) is 0 Å². The number of anilines is 1. The lowest BCUT2D eigenvalue weighted by Gasteiger charge is -2.42. The van der Waals surface area contributed by atoms with Gasteiger partial charge in [-0.1, -0.05) is 53.5 Å². The highest BCUT2D eigenvalue weighted by atomic mass is 28.3. The molecule has 2 unspecified atom stereocenters. The number of rotatable bonds is 11. The molecule has 0 radical (unpaired) electrons. The van der Waals surface area contributed by atoms with Gasteiger partial charge in [0.25, 0.3) is 0 Å². The Morgan fingerprint density at radius 2 is 1.81 bits per heavy atom. The number of pyridine rings is 1. The molecule has 0 aliphatic carbocycles. The summed E-state index contributed by atoms with van der Waals surface area (Å²) in [6.45, 7) is 14.8. The number of aromatic hydroxyl groups is 1. The van der Waals surface area contributed by atoms with Gasteiger partial charge < -0.3 is 29.5 Å². The van der Waals surface area contributed by atoms with E-state index in [1.54, 1.807) is 0 Å². The number of fused-ring (bicyclic) bond motifs is 5. The van der Waals surface area contributed by atoms with Crippen molar-refractivity contribution < 1.29 is 36.6 Å². The number of methoxy groups -OCH3 is 2. The zero-order valence-electron chi connectivity index (χ0n) is 38.0. The van der Waals surface area contributed by atoms with Crippen molar-refractivity contribution in [1.82, 2.24) is 25.2 Å². The molecule has 316 valence electrons. The first-order valence-electron chi connectivity index (χ1n) is 22.4. The molecule has 0 spiro atoms. The highest BCUT2D eigenvalue weighted by Gasteiger charge is 2.50. The van der Waals surface area contributed by atoms with Crippen molar-refractivity contribution >= 4 is 35.6 Å². The van der Waals surface area contributed by atoms with Crippen molar-refractivity contribution in [3.05, 3.63) is 41.5 Å². The van der Waals surface area contributed by atoms with Crippen LogP contribution in [0.2, 0.25) is 16.6 Å². The van der Waals surface area contributed by atoms with Crippen LogP contribution >= 0.6 is 0 Å². The minimum Gasteiger partial charge on any atom is -0.508 e. The minimum atomic E-state index is -2.61. The third-order valence-corrected chi connectivity index (χ3v) is 20.1. The van der Waals surface area contributed by atoms with E-state index >= 15 is 8.78 Å². The van der Waals surface area contributed by atoms with E-state index in [4.69, 9.17) is 28.3 Å². The highest BCUT2D eigenvalue weighted by Crippen LogP contribution is 2.46. The van der Waals surface area contributed by atoms with E-state index in [0.717, 1.165) is 25.8 Å². The Morgan fingerprint density at radius 1 is 1.03 bits per heavy atom. The quantitative estimate of drug-likeness (QED) is 0.113. The van der Waals surface area contributed by atoms with Crippen LogP contribution in [0.1, 0.15) is 83.3 Å². The van der Waals surface area contributed by atoms with Crippen LogP contribution in [0, 0.1) is 23.1 Å². The Bertz CT molecular complexity index is 2430. The van der Waals surface area contributed by atoms with Gasteiger partial charge >= 0.3 is 6.01 Å². The summed E-state index contributed by atoms with van der Waals surface area (Å²) in [6.07, 6.45) is 2.31. The van der Waals surface area contributed by atoms with Gasteiger partial charge in [0.2, 0.25) is 5.88 Å². The number of alkyl halides is 1. The topological polar surface area (TPSA) is 105 Å². The molecule has 10 nitrogen and oxygen atoms in total. The number of halogens is 3. The SMILES string of the molecule is [2H]C([2H])([2H])OCC12CCC(CN(c3nc(OC[C@@]45CCCN4C[C@H](F)C5)nc4c(F)c(-c5cc(O)cc6ccc(F)c(C#C[Si](C(C)C)(C(C)C)C(C)C)c56)nc(OC)c34)C1)N2. The average molecular weight is 834 g/mol. The van der Waals surface area contributed by atoms with Crippen molar-refractivity contribution in [2.75, 3.05) is 58.4 Å². The molecule has 6 heterocycles. The monoisotopic (exact) mass is 833 g/mol. The summed E-state index contributed by atoms with van der Waals surface area (Å²) in [5, 5.41) is 15.5. The Balaban J connectivity index is 1.33. The smallest absolute Gasteiger partial charge is 0.319 e. The van der Waals surface area contributed by atoms with E-state index in [0.29, 0.717) is 31.3 Å². The number of phenolic OH excluding ortho intramolecular Hbond substituents is 1. The number of nitrogens with zero attached hydrogens (tertiary/aromatic N) is 5. The number of hydrogen-bond donors (Lipinski definition) is 2. The van der Waals surface area contributed by atoms with Gasteiger partial charge in [-0.3, -0.25) is 4.90 Å². The molecule has 2 N–H and O–H groups in total. The summed E-state index contributed by atoms with van der Waals surface area (Å²) >= 11 is 0. The Kier molecular flexibility index (Phi) is 10.1. The zero-order chi connectivity index (χ0) is 44.5. The van der Waals surface area contributed by atoms with Crippen molar-refractivity contribution in [3.63, 3.8) is 0 Å². The van der Waals surface area contributed by atoms with Crippen LogP contribution in [0.5, 0.6) is 17.6 Å². The van der Waals surface area contributed by atoms with Crippen molar-refractivity contribution in [3.8, 4) is 40.4 Å². The number of ether oxygens (including phenoxy) is 3. The Hall–Kier alpha value is -4.16. The van der Waals surface area contributed by atoms with Crippen LogP contribution in [0.4, 0.5) is 19.0 Å². The first-order chi connectivity index (χ1) is 29.3. The van der Waals surface area contributed by atoms with Crippen LogP contribution in [0.15, 0.2) is 24.3 Å². The third kappa shape index (κ3) is 7.09. The van der Waals surface area contributed by atoms with E-state index in [-0.39, 0.29) is 99.0 Å². The molecule has 4 fully saturated rings. The molecule has 2 bridgehead atoms. The van der Waals surface area contributed by atoms with Crippen LogP contribution in [0.3, 0.4) is 0 Å². The molecule has 2 aromatic heterocycles. The van der Waals surface area contributed by atoms with Crippen LogP contribution in [0.25, 0.3) is 32.9 Å². The van der Waals surface area contributed by atoms with E-state index in [1.165, 1.54) is 31.4 Å². The lowest BCUT2D eigenvalue weighted by molar-refractivity contribution is 0.107. The summed E-state index contributed by atoms with van der Waals surface area (Å²) in [5.41, 5.74) is 2.85. The van der Waals surface area contributed by atoms with Crippen molar-refractivity contribution in [1.29, 1.82) is 0 Å². The van der Waals surface area contributed by atoms with Gasteiger partial charge in [0.15, 0.2) is 5.82 Å². The largest absolute Gasteiger partial charge is 0.508 e. The molecular formula is C45H57F3N6O4Si. The Labute approximate surface area is 350 Å². The molecule has 0 amide bonds. The molecule has 14 heteroatoms. The van der Waals surface area contributed by atoms with Gasteiger partial charge in [0.05, 0.1) is 34.5 Å². The predicted molar refractivity (Wildman–Crippen MR) is 228 cm³/mol. The molecule has 2 aromatic carbocycles. The predicted octanol–water partition coefficient (Wildman–Crippen LogP) is 8.32. The fourth-order valence-electron chi connectivity index (χ4n) is 11.2. The van der Waals surface area contributed by atoms with Gasteiger partial charge in [0, 0.05) is 50.1 Å². The second-order valence-corrected chi connectivity index (χ2v) is 23.8. The Morgan fingerprint density at radius 3 is 2.54 bits per heavy atom. The summed E-state index contributed by atoms with van der Waals surface area (Å²) in [6, 6.07) is 5.48. The first kappa shape index (κ1) is 37.8. The standard InChI is InChI=1S/C45H57F3N6O4Si/c1-26(2)59(27(3)4,28(5)6)17-13-33-35(47)11-10-29-18-32(55)19-34(36(29)33)39-38(48)40-37(42(49-39)57-8)41(53-22-31-12-15-44(23-53,52-31)24-56-7)51-43(50-40)58-25-45-14-9-16-54(45)21-30(46)20-45/h10-11,18-19,26-28,30-31,52,55H,9,12,14-16,20-25H2,1-8H3/t30-,31?,44?,45+/m1/s1/i7D3. The molecular weight excluding hydrogens is 774 g/mol. The number of aromatic nitrogens is 3. The molecule has 4 atom stereocenters. The molecule has 0 saturated carbocycles. The zero-order valence-corrected chi connectivity index (χ0v) is 36.0. The van der Waals surface area contributed by atoms with E-state index in [9.17, 15) is 9.50 Å². The number of phenols is 1. The van der Waals surface area contributed by atoms with E-state index < -0.39 is 44.0 Å². The lowest BCUT2D eigenvalue weighted by Crippen LogP contribution is -2.61. The normalized spacial score (nSPS) is 25.4. The molecule has 4 aromatic rings. The third-order valence-electron chi connectivity index (χ3n) is 13.8. The van der Waals surface area contributed by atoms with E-state index in [1.807, 2.05) is 4.90 Å². The molecule has 4 aliphatic heterocycles. The molecule has 8 rings (SSSR count). The highest BCUT2D eigenvalue weighted by molar-refractivity contribution is 6.90. The number of hydrogen-bond acceptors (Lipinski definition) is 10. The van der Waals surface area contributed by atoms with Crippen LogP contribution < -0.4 is 19.7 Å². The molecule has 4 aliphatic rings. The summed E-state index contributed by atoms with van der Waals surface area (Å²) in [4.78, 5) is 18.4. The fraction of sp³-hybridized carbons (Fsp3) is 0.578. The summed E-state index contributed by atoms with van der Waals surface area (Å²) in [5.74, 6) is 1.83. The second kappa shape index (κ2) is 15.7. The van der Waals surface area contributed by atoms with Gasteiger partial charge in [-0.25, -0.2) is 18.2 Å². The summed E-state index contributed by atoms with van der Waals surface area (Å²) in [7, 11) is -3.57. The first-order valence-corrected chi connectivity index (χ1v) is 23.1. The van der Waals surface area contributed by atoms with Gasteiger partial charge in [-0.15, -0.1) is 5.54 Å². The lowest BCUT2D eigenvalue weighted by atomic mass is 9.95. The number of nitrogens with one attached hydrogen (secondary N) is 1. The minimum absolute atomic E-state index is 0.0281. The van der Waals surface area contributed by atoms with Crippen LogP contribution in [-0.4, -0.2) is 110 Å². The maximum Gasteiger partial charge on any atom is 0.319 e. The molecule has 59 heavy (non-hydrogen) atoms. The average Bonchev–Trinajstić information content (AvgIpc) is 3.84. The van der Waals surface area contributed by atoms with Gasteiger partial charge in [0.1, 0.15) is 54.8 Å². The fourth-order valence-corrected chi connectivity index (χ4v) is 16.4.